The van der Waals surface area contributed by atoms with Crippen molar-refractivity contribution in [1.82, 2.24) is 15.3 Å². The Morgan fingerprint density at radius 2 is 2.33 bits per heavy atom. The summed E-state index contributed by atoms with van der Waals surface area (Å²) in [6, 6.07) is 7.12. The standard InChI is InChI=1S/C13H14BrN3S/c14-10-1-4-12(18-13-15-5-6-16-13)9(7-10)8-17-11-2-3-11/h1,4-7,11,17H,2-3,8H2,(H,15,16). The minimum Gasteiger partial charge on any atom is -0.339 e. The fraction of sp³-hybridized carbons (Fsp3) is 0.308. The number of H-pyrrole nitrogens is 1. The zero-order chi connectivity index (χ0) is 12.4. The van der Waals surface area contributed by atoms with Gasteiger partial charge in [0.25, 0.3) is 0 Å². The third-order valence-corrected chi connectivity index (χ3v) is 4.39. The SMILES string of the molecule is Brc1ccc(Sc2ncc[nH]2)c(CNC2CC2)c1. The van der Waals surface area contributed by atoms with Crippen LogP contribution in [0.25, 0.3) is 0 Å². The summed E-state index contributed by atoms with van der Waals surface area (Å²) in [6.45, 7) is 0.924. The average Bonchev–Trinajstić information content (AvgIpc) is 3.06. The van der Waals surface area contributed by atoms with Gasteiger partial charge in [-0.15, -0.1) is 0 Å². The van der Waals surface area contributed by atoms with Crippen molar-refractivity contribution in [2.75, 3.05) is 0 Å². The molecule has 18 heavy (non-hydrogen) atoms. The second kappa shape index (κ2) is 5.47. The molecule has 0 atom stereocenters. The lowest BCUT2D eigenvalue weighted by Gasteiger charge is -2.09. The van der Waals surface area contributed by atoms with E-state index < -0.39 is 0 Å². The molecule has 1 aliphatic rings. The van der Waals surface area contributed by atoms with E-state index in [2.05, 4.69) is 49.4 Å². The number of benzene rings is 1. The Bertz CT molecular complexity index is 523. The highest BCUT2D eigenvalue weighted by molar-refractivity contribution is 9.10. The lowest BCUT2D eigenvalue weighted by molar-refractivity contribution is 0.680. The molecule has 0 aliphatic heterocycles. The van der Waals surface area contributed by atoms with E-state index in [1.54, 1.807) is 18.0 Å². The van der Waals surface area contributed by atoms with Crippen LogP contribution in [-0.4, -0.2) is 16.0 Å². The van der Waals surface area contributed by atoms with Gasteiger partial charge in [0, 0.05) is 34.3 Å². The molecule has 3 nitrogen and oxygen atoms in total. The van der Waals surface area contributed by atoms with Gasteiger partial charge in [-0.2, -0.15) is 0 Å². The topological polar surface area (TPSA) is 40.7 Å². The van der Waals surface area contributed by atoms with Gasteiger partial charge in [-0.1, -0.05) is 27.7 Å². The Morgan fingerprint density at radius 1 is 1.44 bits per heavy atom. The Kier molecular flexibility index (Phi) is 3.72. The normalized spacial score (nSPS) is 14.9. The van der Waals surface area contributed by atoms with Crippen molar-refractivity contribution in [3.63, 3.8) is 0 Å². The zero-order valence-electron chi connectivity index (χ0n) is 9.82. The maximum absolute atomic E-state index is 4.26. The molecule has 0 spiro atoms. The summed E-state index contributed by atoms with van der Waals surface area (Å²) in [7, 11) is 0. The van der Waals surface area contributed by atoms with Crippen molar-refractivity contribution in [1.29, 1.82) is 0 Å². The first-order chi connectivity index (χ1) is 8.81. The smallest absolute Gasteiger partial charge is 0.170 e. The summed E-state index contributed by atoms with van der Waals surface area (Å²) in [5.41, 5.74) is 1.32. The number of hydrogen-bond donors (Lipinski definition) is 2. The van der Waals surface area contributed by atoms with Crippen LogP contribution in [0.3, 0.4) is 0 Å². The summed E-state index contributed by atoms with van der Waals surface area (Å²) in [5, 5.41) is 4.49. The van der Waals surface area contributed by atoms with Gasteiger partial charge in [0.1, 0.15) is 0 Å². The number of rotatable bonds is 5. The number of imidazole rings is 1. The van der Waals surface area contributed by atoms with E-state index in [4.69, 9.17) is 0 Å². The van der Waals surface area contributed by atoms with E-state index in [-0.39, 0.29) is 0 Å². The molecule has 2 N–H and O–H groups in total. The molecule has 3 rings (SSSR count). The monoisotopic (exact) mass is 323 g/mol. The van der Waals surface area contributed by atoms with E-state index in [0.717, 1.165) is 22.2 Å². The molecule has 1 aliphatic carbocycles. The number of hydrogen-bond acceptors (Lipinski definition) is 3. The van der Waals surface area contributed by atoms with Crippen molar-refractivity contribution in [3.05, 3.63) is 40.6 Å². The Balaban J connectivity index is 1.77. The highest BCUT2D eigenvalue weighted by atomic mass is 79.9. The lowest BCUT2D eigenvalue weighted by atomic mass is 10.2. The molecule has 5 heteroatoms. The molecule has 0 saturated heterocycles. The van der Waals surface area contributed by atoms with Gasteiger partial charge in [0.05, 0.1) is 0 Å². The van der Waals surface area contributed by atoms with Crippen LogP contribution in [0.2, 0.25) is 0 Å². The van der Waals surface area contributed by atoms with E-state index in [0.29, 0.717) is 0 Å². The fourth-order valence-corrected chi connectivity index (χ4v) is 2.99. The molecule has 2 aromatic rings. The quantitative estimate of drug-likeness (QED) is 0.883. The van der Waals surface area contributed by atoms with Crippen molar-refractivity contribution in [2.24, 2.45) is 0 Å². The van der Waals surface area contributed by atoms with Crippen molar-refractivity contribution in [2.45, 2.75) is 35.5 Å². The van der Waals surface area contributed by atoms with Crippen LogP contribution in [0.15, 0.2) is 45.1 Å². The van der Waals surface area contributed by atoms with Gasteiger partial charge in [-0.3, -0.25) is 0 Å². The van der Waals surface area contributed by atoms with Crippen LogP contribution in [0, 0.1) is 0 Å². The number of nitrogens with one attached hydrogen (secondary N) is 2. The maximum Gasteiger partial charge on any atom is 0.170 e. The molecular weight excluding hydrogens is 310 g/mol. The lowest BCUT2D eigenvalue weighted by Crippen LogP contribution is -2.15. The van der Waals surface area contributed by atoms with Crippen LogP contribution >= 0.6 is 27.7 Å². The molecule has 1 heterocycles. The Hall–Kier alpha value is -0.780. The van der Waals surface area contributed by atoms with E-state index in [9.17, 15) is 0 Å². The minimum atomic E-state index is 0.727. The summed E-state index contributed by atoms with van der Waals surface area (Å²) >= 11 is 5.21. The van der Waals surface area contributed by atoms with Crippen LogP contribution < -0.4 is 5.32 Å². The van der Waals surface area contributed by atoms with Crippen molar-refractivity contribution >= 4 is 27.7 Å². The summed E-state index contributed by atoms with van der Waals surface area (Å²) in [4.78, 5) is 8.63. The first kappa shape index (κ1) is 12.3. The van der Waals surface area contributed by atoms with Gasteiger partial charge in [0.2, 0.25) is 0 Å². The minimum absolute atomic E-state index is 0.727. The third-order valence-electron chi connectivity index (χ3n) is 2.86. The van der Waals surface area contributed by atoms with Gasteiger partial charge in [-0.25, -0.2) is 4.98 Å². The third kappa shape index (κ3) is 3.16. The molecule has 1 aromatic carbocycles. The second-order valence-electron chi connectivity index (χ2n) is 4.40. The molecule has 1 saturated carbocycles. The summed E-state index contributed by atoms with van der Waals surface area (Å²) < 4.78 is 1.12. The van der Waals surface area contributed by atoms with Crippen molar-refractivity contribution < 1.29 is 0 Å². The first-order valence-electron chi connectivity index (χ1n) is 6.00. The highest BCUT2D eigenvalue weighted by Gasteiger charge is 2.20. The molecule has 1 aromatic heterocycles. The number of aromatic nitrogens is 2. The molecule has 0 bridgehead atoms. The predicted octanol–water partition coefficient (Wildman–Crippen LogP) is 3.58. The van der Waals surface area contributed by atoms with Crippen LogP contribution in [0.5, 0.6) is 0 Å². The van der Waals surface area contributed by atoms with Gasteiger partial charge in [-0.05, 0) is 36.6 Å². The highest BCUT2D eigenvalue weighted by Crippen LogP contribution is 2.30. The van der Waals surface area contributed by atoms with Gasteiger partial charge < -0.3 is 10.3 Å². The van der Waals surface area contributed by atoms with E-state index in [1.807, 2.05) is 6.20 Å². The number of nitrogens with zero attached hydrogens (tertiary/aromatic N) is 1. The molecular formula is C13H14BrN3S. The van der Waals surface area contributed by atoms with Crippen LogP contribution in [0.4, 0.5) is 0 Å². The molecule has 94 valence electrons. The molecule has 0 radical (unpaired) electrons. The first-order valence-corrected chi connectivity index (χ1v) is 7.61. The molecule has 0 amide bonds. The van der Waals surface area contributed by atoms with Gasteiger partial charge >= 0.3 is 0 Å². The second-order valence-corrected chi connectivity index (χ2v) is 6.35. The Labute approximate surface area is 119 Å². The fourth-order valence-electron chi connectivity index (χ4n) is 1.74. The van der Waals surface area contributed by atoms with Crippen molar-refractivity contribution in [3.8, 4) is 0 Å². The van der Waals surface area contributed by atoms with E-state index >= 15 is 0 Å². The maximum atomic E-state index is 4.26. The Morgan fingerprint density at radius 3 is 3.06 bits per heavy atom. The largest absolute Gasteiger partial charge is 0.339 e. The zero-order valence-corrected chi connectivity index (χ0v) is 12.2. The number of halogens is 1. The average molecular weight is 324 g/mol. The van der Waals surface area contributed by atoms with E-state index in [1.165, 1.54) is 23.3 Å². The van der Waals surface area contributed by atoms with Crippen LogP contribution in [0.1, 0.15) is 18.4 Å². The van der Waals surface area contributed by atoms with Crippen LogP contribution in [-0.2, 0) is 6.54 Å². The van der Waals surface area contributed by atoms with Gasteiger partial charge in [0.15, 0.2) is 5.16 Å². The molecule has 0 unspecified atom stereocenters. The predicted molar refractivity (Wildman–Crippen MR) is 76.7 cm³/mol. The molecule has 1 fully saturated rings. The summed E-state index contributed by atoms with van der Waals surface area (Å²) in [5.74, 6) is 0. The number of aromatic amines is 1. The summed E-state index contributed by atoms with van der Waals surface area (Å²) in [6.07, 6.45) is 6.26.